The topological polar surface area (TPSA) is 66.6 Å². The molecule has 0 unspecified atom stereocenters. The summed E-state index contributed by atoms with van der Waals surface area (Å²) in [5, 5.41) is 13.5. The standard InChI is InChI=1S/C22H19N3O2S2/c26-20(24-13-15-6-2-1-3-7-15)10-11-25-21(27)19(29-22(25)28)12-16-14-23-18-9-5-4-8-17(16)18/h1-9,12,14,27H,10-11,13H2,(H,24,26)/b16-12-. The predicted octanol–water partition coefficient (Wildman–Crippen LogP) is 4.95. The molecule has 0 radical (unpaired) electrons. The van der Waals surface area contributed by atoms with Gasteiger partial charge in [-0.05, 0) is 29.9 Å². The molecule has 7 heteroatoms. The number of benzene rings is 2. The van der Waals surface area contributed by atoms with Gasteiger partial charge in [0.25, 0.3) is 0 Å². The van der Waals surface area contributed by atoms with Crippen LogP contribution in [0, 0.1) is 3.95 Å². The fourth-order valence-corrected chi connectivity index (χ4v) is 4.41. The lowest BCUT2D eigenvalue weighted by Gasteiger charge is -2.07. The van der Waals surface area contributed by atoms with Crippen molar-refractivity contribution >= 4 is 53.0 Å². The van der Waals surface area contributed by atoms with Crippen LogP contribution in [0.5, 0.6) is 5.88 Å². The summed E-state index contributed by atoms with van der Waals surface area (Å²) in [4.78, 5) is 17.2. The van der Waals surface area contributed by atoms with Crippen LogP contribution >= 0.6 is 23.6 Å². The summed E-state index contributed by atoms with van der Waals surface area (Å²) in [6, 6.07) is 17.6. The Morgan fingerprint density at radius 1 is 1.17 bits per heavy atom. The Morgan fingerprint density at radius 3 is 2.76 bits per heavy atom. The van der Waals surface area contributed by atoms with Crippen molar-refractivity contribution in [2.24, 2.45) is 4.99 Å². The maximum atomic E-state index is 12.2. The van der Waals surface area contributed by atoms with E-state index in [0.29, 0.717) is 21.9 Å². The van der Waals surface area contributed by atoms with Gasteiger partial charge in [-0.1, -0.05) is 48.5 Å². The number of nitrogens with zero attached hydrogens (tertiary/aromatic N) is 2. The zero-order valence-electron chi connectivity index (χ0n) is 15.5. The molecule has 2 N–H and O–H groups in total. The van der Waals surface area contributed by atoms with E-state index >= 15 is 0 Å². The minimum absolute atomic E-state index is 0.0844. The average Bonchev–Trinajstić information content (AvgIpc) is 3.27. The Hall–Kier alpha value is -3.03. The van der Waals surface area contributed by atoms with E-state index in [-0.39, 0.29) is 18.2 Å². The molecule has 3 aromatic rings. The summed E-state index contributed by atoms with van der Waals surface area (Å²) in [6.45, 7) is 0.812. The van der Waals surface area contributed by atoms with Crippen LogP contribution < -0.4 is 5.32 Å². The number of amides is 1. The molecule has 0 fully saturated rings. The predicted molar refractivity (Wildman–Crippen MR) is 120 cm³/mol. The van der Waals surface area contributed by atoms with Crippen molar-refractivity contribution in [3.8, 4) is 5.88 Å². The Balaban J connectivity index is 1.43. The fourth-order valence-electron chi connectivity index (χ4n) is 3.10. The van der Waals surface area contributed by atoms with Gasteiger partial charge in [-0.25, -0.2) is 0 Å². The highest BCUT2D eigenvalue weighted by atomic mass is 32.1. The molecule has 0 spiro atoms. The monoisotopic (exact) mass is 421 g/mol. The zero-order chi connectivity index (χ0) is 20.2. The highest BCUT2D eigenvalue weighted by Gasteiger charge is 2.15. The quantitative estimate of drug-likeness (QED) is 0.554. The van der Waals surface area contributed by atoms with Gasteiger partial charge in [0.2, 0.25) is 11.8 Å². The van der Waals surface area contributed by atoms with Crippen molar-refractivity contribution in [3.05, 3.63) is 74.6 Å². The molecule has 5 nitrogen and oxygen atoms in total. The van der Waals surface area contributed by atoms with Gasteiger partial charge >= 0.3 is 0 Å². The van der Waals surface area contributed by atoms with Crippen LogP contribution in [0.15, 0.2) is 59.6 Å². The molecule has 1 amide bonds. The number of carbonyl (C=O) groups excluding carboxylic acids is 1. The molecular formula is C22H19N3O2S2. The summed E-state index contributed by atoms with van der Waals surface area (Å²) < 4.78 is 2.14. The number of para-hydroxylation sites is 1. The third kappa shape index (κ3) is 4.36. The molecule has 29 heavy (non-hydrogen) atoms. The average molecular weight is 422 g/mol. The van der Waals surface area contributed by atoms with E-state index < -0.39 is 0 Å². The van der Waals surface area contributed by atoms with Crippen LogP contribution in [0.3, 0.4) is 0 Å². The molecule has 0 saturated heterocycles. The number of carbonyl (C=O) groups is 1. The number of nitrogens with one attached hydrogen (secondary N) is 1. The minimum atomic E-state index is -0.0851. The van der Waals surface area contributed by atoms with E-state index in [1.165, 1.54) is 11.3 Å². The lowest BCUT2D eigenvalue weighted by molar-refractivity contribution is -0.121. The second-order valence-corrected chi connectivity index (χ2v) is 8.27. The number of hydrogen-bond donors (Lipinski definition) is 2. The highest BCUT2D eigenvalue weighted by Crippen LogP contribution is 2.35. The van der Waals surface area contributed by atoms with Crippen molar-refractivity contribution in [1.82, 2.24) is 9.88 Å². The molecule has 1 aliphatic heterocycles. The molecule has 1 aromatic heterocycles. The lowest BCUT2D eigenvalue weighted by Crippen LogP contribution is -2.23. The molecule has 0 saturated carbocycles. The van der Waals surface area contributed by atoms with Gasteiger partial charge in [-0.15, -0.1) is 11.3 Å². The number of rotatable bonds is 6. The van der Waals surface area contributed by atoms with Crippen LogP contribution in [0.4, 0.5) is 5.69 Å². The van der Waals surface area contributed by atoms with E-state index in [1.54, 1.807) is 10.8 Å². The second-order valence-electron chi connectivity index (χ2n) is 6.59. The van der Waals surface area contributed by atoms with Gasteiger partial charge in [-0.2, -0.15) is 0 Å². The number of allylic oxidation sites excluding steroid dienone is 1. The normalized spacial score (nSPS) is 13.6. The van der Waals surface area contributed by atoms with Gasteiger partial charge < -0.3 is 10.4 Å². The van der Waals surface area contributed by atoms with Crippen molar-refractivity contribution in [2.45, 2.75) is 19.5 Å². The summed E-state index contributed by atoms with van der Waals surface area (Å²) in [5.41, 5.74) is 3.91. The number of aliphatic imine (C=N–C) groups is 1. The van der Waals surface area contributed by atoms with Gasteiger partial charge in [0.15, 0.2) is 3.95 Å². The summed E-state index contributed by atoms with van der Waals surface area (Å²) in [6.07, 6.45) is 3.91. The number of thiazole rings is 1. The number of hydrogen-bond acceptors (Lipinski definition) is 5. The minimum Gasteiger partial charge on any atom is -0.493 e. The van der Waals surface area contributed by atoms with Crippen molar-refractivity contribution < 1.29 is 9.90 Å². The van der Waals surface area contributed by atoms with Gasteiger partial charge in [0, 0.05) is 36.9 Å². The second kappa shape index (κ2) is 8.55. The molecule has 2 heterocycles. The molecule has 0 aliphatic carbocycles. The maximum Gasteiger partial charge on any atom is 0.222 e. The van der Waals surface area contributed by atoms with Crippen LogP contribution in [0.1, 0.15) is 22.4 Å². The van der Waals surface area contributed by atoms with E-state index in [0.717, 1.165) is 22.4 Å². The van der Waals surface area contributed by atoms with Crippen molar-refractivity contribution in [1.29, 1.82) is 0 Å². The first kappa shape index (κ1) is 19.3. The van der Waals surface area contributed by atoms with E-state index in [4.69, 9.17) is 12.2 Å². The lowest BCUT2D eigenvalue weighted by atomic mass is 10.1. The van der Waals surface area contributed by atoms with Crippen LogP contribution in [0.2, 0.25) is 0 Å². The third-order valence-corrected chi connectivity index (χ3v) is 6.02. The van der Waals surface area contributed by atoms with Gasteiger partial charge in [0.1, 0.15) is 0 Å². The van der Waals surface area contributed by atoms with Crippen molar-refractivity contribution in [2.75, 3.05) is 0 Å². The summed E-state index contributed by atoms with van der Waals surface area (Å²) in [5.74, 6) is -0.000693. The Kier molecular flexibility index (Phi) is 5.69. The number of fused-ring (bicyclic) bond motifs is 1. The Bertz CT molecular complexity index is 1160. The van der Waals surface area contributed by atoms with Crippen LogP contribution in [-0.2, 0) is 17.9 Å². The molecule has 2 aromatic carbocycles. The third-order valence-electron chi connectivity index (χ3n) is 4.63. The SMILES string of the molecule is O=C(CCn1c(O)c(/C=C2/C=Nc3ccccc32)sc1=S)NCc1ccccc1. The largest absolute Gasteiger partial charge is 0.493 e. The zero-order valence-corrected chi connectivity index (χ0v) is 17.2. The number of aromatic hydroxyl groups is 1. The first-order chi connectivity index (χ1) is 14.1. The van der Waals surface area contributed by atoms with E-state index in [9.17, 15) is 9.90 Å². The molecule has 0 atom stereocenters. The smallest absolute Gasteiger partial charge is 0.222 e. The van der Waals surface area contributed by atoms with Gasteiger partial charge in [0.05, 0.1) is 10.6 Å². The van der Waals surface area contributed by atoms with E-state index in [1.807, 2.05) is 60.7 Å². The van der Waals surface area contributed by atoms with Crippen LogP contribution in [-0.4, -0.2) is 21.8 Å². The number of aromatic nitrogens is 1. The Labute approximate surface area is 177 Å². The van der Waals surface area contributed by atoms with Crippen molar-refractivity contribution in [3.63, 3.8) is 0 Å². The molecule has 0 bridgehead atoms. The maximum absolute atomic E-state index is 12.2. The first-order valence-electron chi connectivity index (χ1n) is 9.20. The molecule has 4 rings (SSSR count). The molecular weight excluding hydrogens is 402 g/mol. The first-order valence-corrected chi connectivity index (χ1v) is 10.4. The highest BCUT2D eigenvalue weighted by molar-refractivity contribution is 7.73. The van der Waals surface area contributed by atoms with E-state index in [2.05, 4.69) is 10.3 Å². The van der Waals surface area contributed by atoms with Crippen LogP contribution in [0.25, 0.3) is 11.6 Å². The molecule has 1 aliphatic rings. The Morgan fingerprint density at radius 2 is 1.93 bits per heavy atom. The van der Waals surface area contributed by atoms with Gasteiger partial charge in [-0.3, -0.25) is 14.4 Å². The molecule has 146 valence electrons. The summed E-state index contributed by atoms with van der Waals surface area (Å²) >= 11 is 6.72. The fraction of sp³-hybridized carbons (Fsp3) is 0.136. The summed E-state index contributed by atoms with van der Waals surface area (Å²) in [7, 11) is 0.